The largest absolute Gasteiger partial charge is 0.465 e. The van der Waals surface area contributed by atoms with Gasteiger partial charge in [-0.2, -0.15) is 0 Å². The third-order valence-corrected chi connectivity index (χ3v) is 3.86. The van der Waals surface area contributed by atoms with E-state index in [1.807, 2.05) is 6.92 Å². The SMILES string of the molecule is CCC1(C(=O)Nc2ccccc2C(=O)OC)CCCN1. The maximum absolute atomic E-state index is 12.5. The first-order valence-electron chi connectivity index (χ1n) is 6.87. The third-order valence-electron chi connectivity index (χ3n) is 3.86. The average Bonchev–Trinajstić information content (AvgIpc) is 2.97. The van der Waals surface area contributed by atoms with Gasteiger partial charge in [0.15, 0.2) is 0 Å². The van der Waals surface area contributed by atoms with Crippen molar-refractivity contribution < 1.29 is 14.3 Å². The molecule has 0 aliphatic carbocycles. The maximum Gasteiger partial charge on any atom is 0.339 e. The van der Waals surface area contributed by atoms with Gasteiger partial charge in [0.2, 0.25) is 5.91 Å². The lowest BCUT2D eigenvalue weighted by Gasteiger charge is -2.27. The number of hydrogen-bond donors (Lipinski definition) is 2. The monoisotopic (exact) mass is 276 g/mol. The number of amides is 1. The van der Waals surface area contributed by atoms with Gasteiger partial charge in [-0.05, 0) is 37.9 Å². The van der Waals surface area contributed by atoms with Gasteiger partial charge in [0.1, 0.15) is 0 Å². The van der Waals surface area contributed by atoms with Crippen LogP contribution in [0.2, 0.25) is 0 Å². The first-order chi connectivity index (χ1) is 9.63. The number of anilines is 1. The predicted molar refractivity (Wildman–Crippen MR) is 76.7 cm³/mol. The molecule has 0 aromatic heterocycles. The quantitative estimate of drug-likeness (QED) is 0.825. The highest BCUT2D eigenvalue weighted by atomic mass is 16.5. The second-order valence-electron chi connectivity index (χ2n) is 4.96. The molecule has 1 amide bonds. The average molecular weight is 276 g/mol. The summed E-state index contributed by atoms with van der Waals surface area (Å²) in [5.41, 5.74) is 0.335. The topological polar surface area (TPSA) is 67.4 Å². The highest BCUT2D eigenvalue weighted by molar-refractivity contribution is 6.04. The molecule has 0 saturated carbocycles. The van der Waals surface area contributed by atoms with Gasteiger partial charge in [-0.1, -0.05) is 19.1 Å². The fraction of sp³-hybridized carbons (Fsp3) is 0.467. The molecule has 1 aromatic rings. The Labute approximate surface area is 118 Å². The minimum absolute atomic E-state index is 0.0890. The van der Waals surface area contributed by atoms with E-state index in [0.717, 1.165) is 25.8 Å². The molecule has 1 fully saturated rings. The Morgan fingerprint density at radius 3 is 2.75 bits per heavy atom. The smallest absolute Gasteiger partial charge is 0.339 e. The zero-order valence-corrected chi connectivity index (χ0v) is 11.9. The molecule has 108 valence electrons. The van der Waals surface area contributed by atoms with E-state index in [9.17, 15) is 9.59 Å². The molecule has 0 radical (unpaired) electrons. The number of hydrogen-bond acceptors (Lipinski definition) is 4. The lowest BCUT2D eigenvalue weighted by Crippen LogP contribution is -2.50. The van der Waals surface area contributed by atoms with E-state index in [-0.39, 0.29) is 5.91 Å². The van der Waals surface area contributed by atoms with E-state index in [4.69, 9.17) is 4.74 Å². The van der Waals surface area contributed by atoms with Crippen LogP contribution in [0.25, 0.3) is 0 Å². The van der Waals surface area contributed by atoms with Gasteiger partial charge in [0.05, 0.1) is 23.9 Å². The number of para-hydroxylation sites is 1. The second kappa shape index (κ2) is 6.05. The van der Waals surface area contributed by atoms with E-state index in [0.29, 0.717) is 11.3 Å². The van der Waals surface area contributed by atoms with Gasteiger partial charge in [-0.25, -0.2) is 4.79 Å². The summed E-state index contributed by atoms with van der Waals surface area (Å²) in [5.74, 6) is -0.542. The van der Waals surface area contributed by atoms with Crippen LogP contribution in [0, 0.1) is 0 Å². The summed E-state index contributed by atoms with van der Waals surface area (Å²) in [4.78, 5) is 24.2. The Morgan fingerprint density at radius 2 is 2.15 bits per heavy atom. The molecule has 1 aromatic carbocycles. The van der Waals surface area contributed by atoms with Crippen LogP contribution >= 0.6 is 0 Å². The molecule has 0 bridgehead atoms. The van der Waals surface area contributed by atoms with Gasteiger partial charge in [-0.15, -0.1) is 0 Å². The molecule has 2 N–H and O–H groups in total. The summed E-state index contributed by atoms with van der Waals surface area (Å²) in [7, 11) is 1.33. The van der Waals surface area contributed by atoms with Crippen molar-refractivity contribution in [2.75, 3.05) is 19.0 Å². The van der Waals surface area contributed by atoms with Crippen molar-refractivity contribution in [1.29, 1.82) is 0 Å². The third kappa shape index (κ3) is 2.67. The molecule has 0 spiro atoms. The van der Waals surface area contributed by atoms with Crippen LogP contribution in [-0.4, -0.2) is 31.1 Å². The van der Waals surface area contributed by atoms with Crippen molar-refractivity contribution >= 4 is 17.6 Å². The lowest BCUT2D eigenvalue weighted by atomic mass is 9.93. The maximum atomic E-state index is 12.5. The molecule has 1 saturated heterocycles. The van der Waals surface area contributed by atoms with Crippen molar-refractivity contribution in [3.8, 4) is 0 Å². The zero-order valence-electron chi connectivity index (χ0n) is 11.9. The molecular weight excluding hydrogens is 256 g/mol. The van der Waals surface area contributed by atoms with Crippen LogP contribution in [0.5, 0.6) is 0 Å². The molecular formula is C15H20N2O3. The van der Waals surface area contributed by atoms with E-state index in [2.05, 4.69) is 10.6 Å². The number of esters is 1. The van der Waals surface area contributed by atoms with E-state index in [1.165, 1.54) is 7.11 Å². The number of methoxy groups -OCH3 is 1. The minimum atomic E-state index is -0.525. The normalized spacial score (nSPS) is 21.5. The Balaban J connectivity index is 2.22. The Morgan fingerprint density at radius 1 is 1.40 bits per heavy atom. The summed E-state index contributed by atoms with van der Waals surface area (Å²) < 4.78 is 4.73. The Bertz CT molecular complexity index is 508. The first kappa shape index (κ1) is 14.5. The molecule has 5 heteroatoms. The summed E-state index contributed by atoms with van der Waals surface area (Å²) in [6.07, 6.45) is 2.52. The molecule has 1 unspecified atom stereocenters. The van der Waals surface area contributed by atoms with Gasteiger partial charge >= 0.3 is 5.97 Å². The standard InChI is InChI=1S/C15H20N2O3/c1-3-15(9-6-10-16-15)14(19)17-12-8-5-4-7-11(12)13(18)20-2/h4-5,7-8,16H,3,6,9-10H2,1-2H3,(H,17,19). The fourth-order valence-corrected chi connectivity index (χ4v) is 2.58. The predicted octanol–water partition coefficient (Wildman–Crippen LogP) is 1.94. The van der Waals surface area contributed by atoms with Crippen molar-refractivity contribution in [2.45, 2.75) is 31.7 Å². The van der Waals surface area contributed by atoms with Crippen LogP contribution in [0.15, 0.2) is 24.3 Å². The number of carbonyl (C=O) groups excluding carboxylic acids is 2. The summed E-state index contributed by atoms with van der Waals surface area (Å²) in [5, 5.41) is 6.13. The van der Waals surface area contributed by atoms with Crippen LogP contribution in [0.1, 0.15) is 36.5 Å². The molecule has 5 nitrogen and oxygen atoms in total. The molecule has 1 atom stereocenters. The molecule has 2 rings (SSSR count). The van der Waals surface area contributed by atoms with Crippen LogP contribution in [0.4, 0.5) is 5.69 Å². The number of rotatable bonds is 4. The lowest BCUT2D eigenvalue weighted by molar-refractivity contribution is -0.122. The van der Waals surface area contributed by atoms with E-state index in [1.54, 1.807) is 24.3 Å². The highest BCUT2D eigenvalue weighted by Crippen LogP contribution is 2.26. The number of benzene rings is 1. The van der Waals surface area contributed by atoms with Gasteiger partial charge < -0.3 is 15.4 Å². The Hall–Kier alpha value is -1.88. The first-order valence-corrected chi connectivity index (χ1v) is 6.87. The Kier molecular flexibility index (Phi) is 4.39. The molecule has 1 aliphatic rings. The van der Waals surface area contributed by atoms with Gasteiger partial charge in [0, 0.05) is 0 Å². The highest BCUT2D eigenvalue weighted by Gasteiger charge is 2.39. The number of carbonyl (C=O) groups is 2. The van der Waals surface area contributed by atoms with Crippen LogP contribution in [-0.2, 0) is 9.53 Å². The van der Waals surface area contributed by atoms with Crippen LogP contribution < -0.4 is 10.6 Å². The van der Waals surface area contributed by atoms with Crippen LogP contribution in [0.3, 0.4) is 0 Å². The zero-order chi connectivity index (χ0) is 14.6. The van der Waals surface area contributed by atoms with Gasteiger partial charge in [0.25, 0.3) is 0 Å². The van der Waals surface area contributed by atoms with Crippen molar-refractivity contribution in [1.82, 2.24) is 5.32 Å². The van der Waals surface area contributed by atoms with E-state index < -0.39 is 11.5 Å². The summed E-state index contributed by atoms with van der Waals surface area (Å²) in [6.45, 7) is 2.84. The summed E-state index contributed by atoms with van der Waals surface area (Å²) in [6, 6.07) is 6.87. The minimum Gasteiger partial charge on any atom is -0.465 e. The van der Waals surface area contributed by atoms with Crippen molar-refractivity contribution in [2.24, 2.45) is 0 Å². The van der Waals surface area contributed by atoms with Gasteiger partial charge in [-0.3, -0.25) is 4.79 Å². The molecule has 1 aliphatic heterocycles. The molecule has 20 heavy (non-hydrogen) atoms. The number of nitrogens with one attached hydrogen (secondary N) is 2. The number of ether oxygens (including phenoxy) is 1. The molecule has 1 heterocycles. The summed E-state index contributed by atoms with van der Waals surface area (Å²) >= 11 is 0. The fourth-order valence-electron chi connectivity index (χ4n) is 2.58. The van der Waals surface area contributed by atoms with Crippen molar-refractivity contribution in [3.63, 3.8) is 0 Å². The second-order valence-corrected chi connectivity index (χ2v) is 4.96. The van der Waals surface area contributed by atoms with E-state index >= 15 is 0 Å². The van der Waals surface area contributed by atoms with Crippen molar-refractivity contribution in [3.05, 3.63) is 29.8 Å².